The molecule has 0 fully saturated rings. The average Bonchev–Trinajstić information content (AvgIpc) is 3.12. The highest BCUT2D eigenvalue weighted by Gasteiger charge is 2.35. The van der Waals surface area contributed by atoms with E-state index in [9.17, 15) is 26.4 Å². The number of halogens is 3. The zero-order valence-corrected chi connectivity index (χ0v) is 18.0. The molecule has 1 unspecified atom stereocenters. The number of hydrogen-bond acceptors (Lipinski definition) is 5. The Kier molecular flexibility index (Phi) is 5.96. The van der Waals surface area contributed by atoms with Gasteiger partial charge in [0.2, 0.25) is 0 Å². The number of fused-ring (bicyclic) bond motifs is 1. The first-order valence-electron chi connectivity index (χ1n) is 9.46. The summed E-state index contributed by atoms with van der Waals surface area (Å²) >= 11 is 0. The number of carbonyl (C=O) groups is 1. The Labute approximate surface area is 178 Å². The molecule has 0 saturated carbocycles. The topological polar surface area (TPSA) is 93.5 Å². The van der Waals surface area contributed by atoms with E-state index >= 15 is 0 Å². The lowest BCUT2D eigenvalue weighted by Crippen LogP contribution is -2.46. The summed E-state index contributed by atoms with van der Waals surface area (Å²) < 4.78 is 72.5. The lowest BCUT2D eigenvalue weighted by Gasteiger charge is -2.34. The second-order valence-electron chi connectivity index (χ2n) is 8.18. The smallest absolute Gasteiger partial charge is 0.416 e. The SMILES string of the molecule is CC(C)(C)OC(=O)NCC1CN(S(=O)(=O)c2ccc(C(F)(F)F)cc2)c2ccnn2C1. The maximum absolute atomic E-state index is 13.2. The zero-order valence-electron chi connectivity index (χ0n) is 17.2. The van der Waals surface area contributed by atoms with Gasteiger partial charge < -0.3 is 10.1 Å². The first kappa shape index (κ1) is 22.9. The average molecular weight is 460 g/mol. The van der Waals surface area contributed by atoms with Gasteiger partial charge in [-0.3, -0.25) is 0 Å². The molecular formula is C19H23F3N4O4S. The number of nitrogens with zero attached hydrogens (tertiary/aromatic N) is 3. The lowest BCUT2D eigenvalue weighted by molar-refractivity contribution is -0.137. The Morgan fingerprint density at radius 3 is 2.39 bits per heavy atom. The van der Waals surface area contributed by atoms with Gasteiger partial charge in [-0.05, 0) is 45.0 Å². The number of amides is 1. The number of sulfonamides is 1. The summed E-state index contributed by atoms with van der Waals surface area (Å²) in [6.07, 6.45) is -3.76. The maximum atomic E-state index is 13.2. The number of rotatable bonds is 4. The number of benzene rings is 1. The number of alkyl halides is 3. The van der Waals surface area contributed by atoms with Crippen molar-refractivity contribution in [2.45, 2.75) is 44.0 Å². The molecule has 1 N–H and O–H groups in total. The van der Waals surface area contributed by atoms with E-state index < -0.39 is 33.5 Å². The second kappa shape index (κ2) is 8.06. The highest BCUT2D eigenvalue weighted by Crippen LogP contribution is 2.32. The Bertz CT molecular complexity index is 1040. The quantitative estimate of drug-likeness (QED) is 0.756. The Morgan fingerprint density at radius 2 is 1.81 bits per heavy atom. The van der Waals surface area contributed by atoms with Gasteiger partial charge in [-0.1, -0.05) is 0 Å². The first-order chi connectivity index (χ1) is 14.3. The highest BCUT2D eigenvalue weighted by atomic mass is 32.2. The molecule has 1 atom stereocenters. The van der Waals surface area contributed by atoms with Crippen LogP contribution in [0.1, 0.15) is 26.3 Å². The molecule has 0 aliphatic carbocycles. The molecule has 2 heterocycles. The summed E-state index contributed by atoms with van der Waals surface area (Å²) in [5.74, 6) is -0.0300. The van der Waals surface area contributed by atoms with Gasteiger partial charge >= 0.3 is 12.3 Å². The Balaban J connectivity index is 1.80. The molecule has 1 aromatic carbocycles. The fourth-order valence-electron chi connectivity index (χ4n) is 3.14. The number of anilines is 1. The number of nitrogens with one attached hydrogen (secondary N) is 1. The minimum atomic E-state index is -4.57. The van der Waals surface area contributed by atoms with Crippen LogP contribution in [0, 0.1) is 5.92 Å². The van der Waals surface area contributed by atoms with E-state index in [1.54, 1.807) is 20.8 Å². The molecule has 170 valence electrons. The van der Waals surface area contributed by atoms with Crippen molar-refractivity contribution in [1.29, 1.82) is 0 Å². The molecular weight excluding hydrogens is 437 g/mol. The molecule has 0 bridgehead atoms. The van der Waals surface area contributed by atoms with Gasteiger partial charge in [0, 0.05) is 31.6 Å². The number of hydrogen-bond donors (Lipinski definition) is 1. The van der Waals surface area contributed by atoms with Crippen molar-refractivity contribution in [1.82, 2.24) is 15.1 Å². The molecule has 2 aromatic rings. The molecule has 3 rings (SSSR count). The molecule has 1 aliphatic heterocycles. The third kappa shape index (κ3) is 5.30. The predicted octanol–water partition coefficient (Wildman–Crippen LogP) is 3.25. The zero-order chi connectivity index (χ0) is 23.0. The normalized spacial score (nSPS) is 17.2. The van der Waals surface area contributed by atoms with Crippen LogP contribution in [0.2, 0.25) is 0 Å². The van der Waals surface area contributed by atoms with Crippen LogP contribution >= 0.6 is 0 Å². The van der Waals surface area contributed by atoms with Crippen LogP contribution in [0.15, 0.2) is 41.4 Å². The van der Waals surface area contributed by atoms with Crippen molar-refractivity contribution in [3.63, 3.8) is 0 Å². The first-order valence-corrected chi connectivity index (χ1v) is 10.9. The lowest BCUT2D eigenvalue weighted by atomic mass is 10.1. The summed E-state index contributed by atoms with van der Waals surface area (Å²) in [7, 11) is -4.15. The number of aromatic nitrogens is 2. The van der Waals surface area contributed by atoms with Crippen molar-refractivity contribution in [2.24, 2.45) is 5.92 Å². The molecule has 8 nitrogen and oxygen atoms in total. The third-order valence-electron chi connectivity index (χ3n) is 4.51. The Hall–Kier alpha value is -2.76. The highest BCUT2D eigenvalue weighted by molar-refractivity contribution is 7.92. The number of alkyl carbamates (subject to hydrolysis) is 1. The molecule has 12 heteroatoms. The monoisotopic (exact) mass is 460 g/mol. The van der Waals surface area contributed by atoms with Crippen molar-refractivity contribution in [3.8, 4) is 0 Å². The summed E-state index contributed by atoms with van der Waals surface area (Å²) in [5.41, 5.74) is -1.61. The predicted molar refractivity (Wildman–Crippen MR) is 106 cm³/mol. The number of ether oxygens (including phenoxy) is 1. The van der Waals surface area contributed by atoms with Crippen LogP contribution in [0.5, 0.6) is 0 Å². The van der Waals surface area contributed by atoms with Gasteiger partial charge in [0.25, 0.3) is 10.0 Å². The third-order valence-corrected chi connectivity index (χ3v) is 6.29. The van der Waals surface area contributed by atoms with E-state index in [4.69, 9.17) is 4.74 Å². The molecule has 1 aromatic heterocycles. The van der Waals surface area contributed by atoms with Crippen molar-refractivity contribution in [3.05, 3.63) is 42.1 Å². The van der Waals surface area contributed by atoms with Gasteiger partial charge in [0.15, 0.2) is 0 Å². The van der Waals surface area contributed by atoms with Crippen molar-refractivity contribution in [2.75, 3.05) is 17.4 Å². The van der Waals surface area contributed by atoms with Gasteiger partial charge in [-0.15, -0.1) is 0 Å². The van der Waals surface area contributed by atoms with Crippen LogP contribution in [-0.4, -0.2) is 43.0 Å². The maximum Gasteiger partial charge on any atom is 0.416 e. The van der Waals surface area contributed by atoms with E-state index in [1.807, 2.05) is 0 Å². The minimum absolute atomic E-state index is 0.0187. The van der Waals surface area contributed by atoms with E-state index in [2.05, 4.69) is 10.4 Å². The van der Waals surface area contributed by atoms with Crippen molar-refractivity contribution < 1.29 is 31.1 Å². The van der Waals surface area contributed by atoms with E-state index in [0.717, 1.165) is 28.6 Å². The van der Waals surface area contributed by atoms with Crippen LogP contribution in [0.25, 0.3) is 0 Å². The van der Waals surface area contributed by atoms with Crippen LogP contribution in [-0.2, 0) is 27.5 Å². The van der Waals surface area contributed by atoms with Gasteiger partial charge in [0.05, 0.1) is 16.7 Å². The second-order valence-corrected chi connectivity index (χ2v) is 10.0. The number of carbonyl (C=O) groups excluding carboxylic acids is 1. The largest absolute Gasteiger partial charge is 0.444 e. The van der Waals surface area contributed by atoms with E-state index in [1.165, 1.54) is 16.9 Å². The minimum Gasteiger partial charge on any atom is -0.444 e. The fourth-order valence-corrected chi connectivity index (χ4v) is 4.69. The Morgan fingerprint density at radius 1 is 1.16 bits per heavy atom. The molecule has 0 spiro atoms. The van der Waals surface area contributed by atoms with Crippen molar-refractivity contribution >= 4 is 21.9 Å². The van der Waals surface area contributed by atoms with Crippen LogP contribution in [0.4, 0.5) is 23.8 Å². The van der Waals surface area contributed by atoms with Gasteiger partial charge in [0.1, 0.15) is 11.4 Å². The molecule has 0 radical (unpaired) electrons. The van der Waals surface area contributed by atoms with Crippen LogP contribution in [0.3, 0.4) is 0 Å². The summed E-state index contributed by atoms with van der Waals surface area (Å²) in [6.45, 7) is 5.68. The summed E-state index contributed by atoms with van der Waals surface area (Å²) in [6, 6.07) is 4.84. The molecule has 0 saturated heterocycles. The molecule has 1 amide bonds. The van der Waals surface area contributed by atoms with E-state index in [-0.39, 0.29) is 23.9 Å². The van der Waals surface area contributed by atoms with Crippen LogP contribution < -0.4 is 9.62 Å². The summed E-state index contributed by atoms with van der Waals surface area (Å²) in [4.78, 5) is 11.7. The molecule has 31 heavy (non-hydrogen) atoms. The summed E-state index contributed by atoms with van der Waals surface area (Å²) in [5, 5.41) is 6.73. The van der Waals surface area contributed by atoms with E-state index in [0.29, 0.717) is 12.4 Å². The standard InChI is InChI=1S/C19H23F3N4O4S/c1-18(2,3)30-17(27)23-10-13-11-25-16(8-9-24-25)26(12-13)31(28,29)15-6-4-14(5-7-15)19(20,21)22/h4-9,13H,10-12H2,1-3H3,(H,23,27). The molecule has 1 aliphatic rings. The van der Waals surface area contributed by atoms with Gasteiger partial charge in [-0.2, -0.15) is 18.3 Å². The fraction of sp³-hybridized carbons (Fsp3) is 0.474. The van der Waals surface area contributed by atoms with Gasteiger partial charge in [-0.25, -0.2) is 22.2 Å².